The van der Waals surface area contributed by atoms with Gasteiger partial charge in [-0.25, -0.2) is 0 Å². The van der Waals surface area contributed by atoms with E-state index in [-0.39, 0.29) is 0 Å². The minimum Gasteiger partial charge on any atom is -0.389 e. The summed E-state index contributed by atoms with van der Waals surface area (Å²) in [6.07, 6.45) is -0.0988. The number of fused-ring (bicyclic) bond motifs is 1. The van der Waals surface area contributed by atoms with Crippen molar-refractivity contribution >= 4 is 0 Å². The Morgan fingerprint density at radius 1 is 1.42 bits per heavy atom. The minimum absolute atomic E-state index is 0.559. The fourth-order valence-electron chi connectivity index (χ4n) is 1.78. The largest absolute Gasteiger partial charge is 0.389 e. The van der Waals surface area contributed by atoms with Crippen LogP contribution in [0.2, 0.25) is 0 Å². The van der Waals surface area contributed by atoms with Crippen LogP contribution in [0.3, 0.4) is 0 Å². The summed E-state index contributed by atoms with van der Waals surface area (Å²) >= 11 is 0. The summed E-state index contributed by atoms with van der Waals surface area (Å²) in [6, 6.07) is 7.61. The van der Waals surface area contributed by atoms with E-state index in [2.05, 4.69) is 0 Å². The summed E-state index contributed by atoms with van der Waals surface area (Å²) in [4.78, 5) is 0. The highest BCUT2D eigenvalue weighted by Gasteiger charge is 2.39. The Balaban J connectivity index is 2.55. The van der Waals surface area contributed by atoms with Gasteiger partial charge in [0.2, 0.25) is 0 Å². The molecule has 2 heteroatoms. The van der Waals surface area contributed by atoms with E-state index < -0.39 is 11.7 Å². The van der Waals surface area contributed by atoms with Gasteiger partial charge >= 0.3 is 0 Å². The van der Waals surface area contributed by atoms with Gasteiger partial charge in [0.15, 0.2) is 0 Å². The van der Waals surface area contributed by atoms with Crippen LogP contribution in [0.1, 0.15) is 18.1 Å². The standard InChI is InChI=1S/C10H12O2/c1-10(12)8-5-3-2-4-7(8)6-9(10)11/h2-5,9,11-12H,6H2,1H3/t9-,10-/m0/s1. The maximum Gasteiger partial charge on any atom is 0.113 e. The summed E-state index contributed by atoms with van der Waals surface area (Å²) < 4.78 is 0. The van der Waals surface area contributed by atoms with Gasteiger partial charge in [-0.1, -0.05) is 24.3 Å². The van der Waals surface area contributed by atoms with Crippen LogP contribution in [-0.4, -0.2) is 16.3 Å². The van der Waals surface area contributed by atoms with Crippen molar-refractivity contribution in [2.75, 3.05) is 0 Å². The van der Waals surface area contributed by atoms with Gasteiger partial charge in [-0.2, -0.15) is 0 Å². The molecule has 0 spiro atoms. The highest BCUT2D eigenvalue weighted by Crippen LogP contribution is 2.36. The van der Waals surface area contributed by atoms with Crippen LogP contribution in [0.4, 0.5) is 0 Å². The average molecular weight is 164 g/mol. The van der Waals surface area contributed by atoms with Crippen LogP contribution in [-0.2, 0) is 12.0 Å². The van der Waals surface area contributed by atoms with Gasteiger partial charge in [0, 0.05) is 6.42 Å². The summed E-state index contributed by atoms with van der Waals surface area (Å²) in [7, 11) is 0. The molecule has 0 unspecified atom stereocenters. The molecule has 12 heavy (non-hydrogen) atoms. The van der Waals surface area contributed by atoms with E-state index in [1.807, 2.05) is 24.3 Å². The van der Waals surface area contributed by atoms with Gasteiger partial charge < -0.3 is 10.2 Å². The van der Waals surface area contributed by atoms with Crippen molar-refractivity contribution in [3.8, 4) is 0 Å². The summed E-state index contributed by atoms with van der Waals surface area (Å²) in [6.45, 7) is 1.66. The Morgan fingerprint density at radius 2 is 2.08 bits per heavy atom. The van der Waals surface area contributed by atoms with E-state index in [9.17, 15) is 10.2 Å². The molecule has 0 saturated carbocycles. The Bertz CT molecular complexity index is 304. The maximum absolute atomic E-state index is 9.87. The first-order valence-corrected chi connectivity index (χ1v) is 4.11. The second-order valence-electron chi connectivity index (χ2n) is 3.52. The Hall–Kier alpha value is -0.860. The predicted octanol–water partition coefficient (Wildman–Crippen LogP) is 0.811. The normalized spacial score (nSPS) is 33.4. The summed E-state index contributed by atoms with van der Waals surface area (Å²) in [5, 5.41) is 19.4. The molecule has 1 aliphatic carbocycles. The molecular formula is C10H12O2. The van der Waals surface area contributed by atoms with E-state index >= 15 is 0 Å². The first-order valence-electron chi connectivity index (χ1n) is 4.11. The molecule has 0 radical (unpaired) electrons. The van der Waals surface area contributed by atoms with Crippen LogP contribution in [0.5, 0.6) is 0 Å². The molecule has 0 aliphatic heterocycles. The molecule has 0 amide bonds. The van der Waals surface area contributed by atoms with E-state index in [1.165, 1.54) is 0 Å². The highest BCUT2D eigenvalue weighted by molar-refractivity contribution is 5.38. The van der Waals surface area contributed by atoms with Gasteiger partial charge in [-0.05, 0) is 18.1 Å². The van der Waals surface area contributed by atoms with Crippen molar-refractivity contribution in [3.63, 3.8) is 0 Å². The number of hydrogen-bond donors (Lipinski definition) is 2. The number of aliphatic hydroxyl groups is 2. The molecule has 0 bridgehead atoms. The lowest BCUT2D eigenvalue weighted by atomic mass is 9.97. The molecule has 2 atom stereocenters. The lowest BCUT2D eigenvalue weighted by Gasteiger charge is -2.21. The predicted molar refractivity (Wildman–Crippen MR) is 45.7 cm³/mol. The van der Waals surface area contributed by atoms with E-state index in [0.717, 1.165) is 11.1 Å². The van der Waals surface area contributed by atoms with Crippen molar-refractivity contribution < 1.29 is 10.2 Å². The quantitative estimate of drug-likeness (QED) is 0.595. The molecule has 0 aromatic heterocycles. The fourth-order valence-corrected chi connectivity index (χ4v) is 1.78. The molecule has 1 aliphatic rings. The molecule has 0 saturated heterocycles. The molecule has 2 N–H and O–H groups in total. The maximum atomic E-state index is 9.87. The Kier molecular flexibility index (Phi) is 1.50. The third-order valence-electron chi connectivity index (χ3n) is 2.62. The van der Waals surface area contributed by atoms with Gasteiger partial charge in [0.1, 0.15) is 5.60 Å². The molecular weight excluding hydrogens is 152 g/mol. The van der Waals surface area contributed by atoms with Crippen LogP contribution in [0.25, 0.3) is 0 Å². The van der Waals surface area contributed by atoms with Gasteiger partial charge in [0.05, 0.1) is 6.10 Å². The van der Waals surface area contributed by atoms with E-state index in [0.29, 0.717) is 6.42 Å². The number of rotatable bonds is 0. The summed E-state index contributed by atoms with van der Waals surface area (Å²) in [5.74, 6) is 0. The first-order chi connectivity index (χ1) is 5.62. The second-order valence-corrected chi connectivity index (χ2v) is 3.52. The zero-order chi connectivity index (χ0) is 8.77. The number of hydrogen-bond acceptors (Lipinski definition) is 2. The van der Waals surface area contributed by atoms with Crippen molar-refractivity contribution in [3.05, 3.63) is 35.4 Å². The third-order valence-corrected chi connectivity index (χ3v) is 2.62. The molecule has 0 fully saturated rings. The van der Waals surface area contributed by atoms with Crippen molar-refractivity contribution in [2.45, 2.75) is 25.0 Å². The average Bonchev–Trinajstić information content (AvgIpc) is 2.25. The second kappa shape index (κ2) is 2.31. The van der Waals surface area contributed by atoms with E-state index in [4.69, 9.17) is 0 Å². The lowest BCUT2D eigenvalue weighted by Crippen LogP contribution is -2.31. The Labute approximate surface area is 71.5 Å². The van der Waals surface area contributed by atoms with Crippen molar-refractivity contribution in [2.24, 2.45) is 0 Å². The fraction of sp³-hybridized carbons (Fsp3) is 0.400. The SMILES string of the molecule is C[C@]1(O)c2ccccc2C[C@@H]1O. The van der Waals surface area contributed by atoms with Crippen molar-refractivity contribution in [1.82, 2.24) is 0 Å². The topological polar surface area (TPSA) is 40.5 Å². The molecule has 1 aromatic carbocycles. The van der Waals surface area contributed by atoms with Gasteiger partial charge in [-0.3, -0.25) is 0 Å². The monoisotopic (exact) mass is 164 g/mol. The smallest absolute Gasteiger partial charge is 0.113 e. The Morgan fingerprint density at radius 3 is 2.75 bits per heavy atom. The summed E-state index contributed by atoms with van der Waals surface area (Å²) in [5.41, 5.74) is 0.851. The zero-order valence-corrected chi connectivity index (χ0v) is 6.99. The molecule has 2 rings (SSSR count). The molecule has 0 heterocycles. The zero-order valence-electron chi connectivity index (χ0n) is 6.99. The van der Waals surface area contributed by atoms with Gasteiger partial charge in [-0.15, -0.1) is 0 Å². The minimum atomic E-state index is -1.06. The lowest BCUT2D eigenvalue weighted by molar-refractivity contribution is -0.0529. The molecule has 2 nitrogen and oxygen atoms in total. The third kappa shape index (κ3) is 0.886. The van der Waals surface area contributed by atoms with Crippen LogP contribution in [0.15, 0.2) is 24.3 Å². The van der Waals surface area contributed by atoms with Crippen LogP contribution in [0, 0.1) is 0 Å². The number of benzene rings is 1. The van der Waals surface area contributed by atoms with Gasteiger partial charge in [0.25, 0.3) is 0 Å². The van der Waals surface area contributed by atoms with Crippen LogP contribution < -0.4 is 0 Å². The van der Waals surface area contributed by atoms with E-state index in [1.54, 1.807) is 6.92 Å². The number of aliphatic hydroxyl groups excluding tert-OH is 1. The van der Waals surface area contributed by atoms with Crippen molar-refractivity contribution in [1.29, 1.82) is 0 Å². The highest BCUT2D eigenvalue weighted by atomic mass is 16.3. The van der Waals surface area contributed by atoms with Crippen LogP contribution >= 0.6 is 0 Å². The first kappa shape index (κ1) is 7.77. The molecule has 1 aromatic rings. The molecule has 64 valence electrons.